The maximum Gasteiger partial charge on any atom is -0.00704 e. The van der Waals surface area contributed by atoms with E-state index in [1.54, 1.807) is 0 Å². The molecule has 0 spiro atoms. The standard InChI is InChI=1S/C26H22/c1-2-19-17-18-7-9-20(19)11-12-22-13-14-23(10-8-18)26-24-6-4-3-5-21(24)15-16-25(22)26/h2-7,9,13-17H,1,8,10-12H2. The first-order valence-corrected chi connectivity index (χ1v) is 9.50. The molecule has 0 unspecified atom stereocenters. The molecule has 8 rings (SSSR count). The maximum absolute atomic E-state index is 4.03. The first kappa shape index (κ1) is 15.4. The van der Waals surface area contributed by atoms with Crippen LogP contribution in [-0.4, -0.2) is 0 Å². The molecule has 26 heavy (non-hydrogen) atoms. The zero-order valence-electron chi connectivity index (χ0n) is 15.0. The van der Waals surface area contributed by atoms with Crippen molar-refractivity contribution in [3.8, 4) is 0 Å². The minimum absolute atomic E-state index is 1.06. The summed E-state index contributed by atoms with van der Waals surface area (Å²) < 4.78 is 0. The van der Waals surface area contributed by atoms with Crippen molar-refractivity contribution in [1.82, 2.24) is 0 Å². The van der Waals surface area contributed by atoms with E-state index in [0.29, 0.717) is 0 Å². The van der Waals surface area contributed by atoms with Crippen LogP contribution in [0.3, 0.4) is 0 Å². The van der Waals surface area contributed by atoms with Crippen LogP contribution in [0.1, 0.15) is 27.8 Å². The van der Waals surface area contributed by atoms with Gasteiger partial charge in [0.15, 0.2) is 0 Å². The van der Waals surface area contributed by atoms with Crippen LogP contribution in [0.4, 0.5) is 0 Å². The Bertz CT molecular complexity index is 1150. The van der Waals surface area contributed by atoms with Crippen LogP contribution < -0.4 is 0 Å². The van der Waals surface area contributed by atoms with Crippen LogP contribution in [0.15, 0.2) is 73.3 Å². The van der Waals surface area contributed by atoms with Gasteiger partial charge in [-0.25, -0.2) is 0 Å². The monoisotopic (exact) mass is 334 g/mol. The zero-order chi connectivity index (χ0) is 17.5. The third kappa shape index (κ3) is 2.45. The predicted molar refractivity (Wildman–Crippen MR) is 113 cm³/mol. The first-order chi connectivity index (χ1) is 12.8. The lowest BCUT2D eigenvalue weighted by Crippen LogP contribution is -2.02. The Morgan fingerprint density at radius 1 is 0.654 bits per heavy atom. The van der Waals surface area contributed by atoms with Gasteiger partial charge in [0.25, 0.3) is 0 Å². The molecule has 0 fully saturated rings. The molecule has 0 heteroatoms. The van der Waals surface area contributed by atoms with E-state index >= 15 is 0 Å². The second kappa shape index (κ2) is 6.14. The maximum atomic E-state index is 4.03. The quantitative estimate of drug-likeness (QED) is 0.348. The Balaban J connectivity index is 1.77. The van der Waals surface area contributed by atoms with E-state index in [4.69, 9.17) is 0 Å². The highest BCUT2D eigenvalue weighted by molar-refractivity contribution is 6.10. The number of benzene rings is 4. The van der Waals surface area contributed by atoms with Gasteiger partial charge in [-0.2, -0.15) is 0 Å². The number of hydrogen-bond acceptors (Lipinski definition) is 0. The fraction of sp³-hybridized carbons (Fsp3) is 0.154. The van der Waals surface area contributed by atoms with E-state index in [0.717, 1.165) is 25.7 Å². The molecular weight excluding hydrogens is 312 g/mol. The average molecular weight is 334 g/mol. The molecule has 4 aromatic rings. The second-order valence-corrected chi connectivity index (χ2v) is 7.33. The van der Waals surface area contributed by atoms with Crippen molar-refractivity contribution in [1.29, 1.82) is 0 Å². The summed E-state index contributed by atoms with van der Waals surface area (Å²) in [6, 6.07) is 25.1. The van der Waals surface area contributed by atoms with Crippen LogP contribution in [0.5, 0.6) is 0 Å². The SMILES string of the molecule is C=Cc1cc2ccc1CCc1ccc(c3c1ccc1ccccc13)CC2. The largest absolute Gasteiger partial charge is 0.0985 e. The second-order valence-electron chi connectivity index (χ2n) is 7.33. The third-order valence-electron chi connectivity index (χ3n) is 5.86. The molecule has 0 aromatic heterocycles. The van der Waals surface area contributed by atoms with Crippen LogP contribution in [0.25, 0.3) is 27.6 Å². The molecule has 0 amide bonds. The summed E-state index contributed by atoms with van der Waals surface area (Å²) in [6.45, 7) is 4.03. The molecule has 0 saturated carbocycles. The van der Waals surface area contributed by atoms with Crippen LogP contribution in [-0.2, 0) is 25.7 Å². The molecule has 0 nitrogen and oxygen atoms in total. The molecule has 0 N–H and O–H groups in total. The van der Waals surface area contributed by atoms with Gasteiger partial charge in [-0.3, -0.25) is 0 Å². The van der Waals surface area contributed by atoms with Crippen molar-refractivity contribution in [3.05, 3.63) is 101 Å². The number of rotatable bonds is 1. The van der Waals surface area contributed by atoms with Gasteiger partial charge >= 0.3 is 0 Å². The van der Waals surface area contributed by atoms with Gasteiger partial charge in [0.2, 0.25) is 0 Å². The van der Waals surface area contributed by atoms with E-state index in [-0.39, 0.29) is 0 Å². The summed E-state index contributed by atoms with van der Waals surface area (Å²) in [5, 5.41) is 5.61. The summed E-state index contributed by atoms with van der Waals surface area (Å²) in [7, 11) is 0. The number of aryl methyl sites for hydroxylation is 4. The van der Waals surface area contributed by atoms with Crippen LogP contribution in [0, 0.1) is 0 Å². The van der Waals surface area contributed by atoms with Crippen molar-refractivity contribution in [2.24, 2.45) is 0 Å². The fourth-order valence-corrected chi connectivity index (χ4v) is 4.45. The fourth-order valence-electron chi connectivity index (χ4n) is 4.45. The Morgan fingerprint density at radius 3 is 2.35 bits per heavy atom. The van der Waals surface area contributed by atoms with Crippen LogP contribution in [0.2, 0.25) is 0 Å². The van der Waals surface area contributed by atoms with Crippen molar-refractivity contribution >= 4 is 27.6 Å². The molecular formula is C26H22. The Hall–Kier alpha value is -2.86. The normalized spacial score (nSPS) is 13.7. The van der Waals surface area contributed by atoms with Gasteiger partial charge in [-0.15, -0.1) is 0 Å². The summed E-state index contributed by atoms with van der Waals surface area (Å²) in [5.74, 6) is 0. The molecule has 0 aliphatic heterocycles. The van der Waals surface area contributed by atoms with Gasteiger partial charge < -0.3 is 0 Å². The lowest BCUT2D eigenvalue weighted by atomic mass is 9.87. The molecule has 4 aliphatic rings. The lowest BCUT2D eigenvalue weighted by molar-refractivity contribution is 0.932. The average Bonchev–Trinajstić information content (AvgIpc) is 2.69. The van der Waals surface area contributed by atoms with Crippen molar-refractivity contribution in [2.75, 3.05) is 0 Å². The third-order valence-corrected chi connectivity index (χ3v) is 5.86. The van der Waals surface area contributed by atoms with Crippen LogP contribution >= 0.6 is 0 Å². The van der Waals surface area contributed by atoms with E-state index in [9.17, 15) is 0 Å². The summed E-state index contributed by atoms with van der Waals surface area (Å²) in [6.07, 6.45) is 6.27. The van der Waals surface area contributed by atoms with Crippen molar-refractivity contribution < 1.29 is 0 Å². The van der Waals surface area contributed by atoms with Gasteiger partial charge in [0.1, 0.15) is 0 Å². The summed E-state index contributed by atoms with van der Waals surface area (Å²) in [4.78, 5) is 0. The molecule has 0 atom stereocenters. The minimum atomic E-state index is 1.06. The first-order valence-electron chi connectivity index (χ1n) is 9.50. The molecule has 126 valence electrons. The Morgan fingerprint density at radius 2 is 1.42 bits per heavy atom. The van der Waals surface area contributed by atoms with E-state index in [1.807, 2.05) is 6.08 Å². The molecule has 0 saturated heterocycles. The number of hydrogen-bond donors (Lipinski definition) is 0. The van der Waals surface area contributed by atoms with Gasteiger partial charge in [0.05, 0.1) is 0 Å². The van der Waals surface area contributed by atoms with Crippen molar-refractivity contribution in [3.63, 3.8) is 0 Å². The highest BCUT2D eigenvalue weighted by Crippen LogP contribution is 2.33. The molecule has 4 aliphatic carbocycles. The molecule has 0 heterocycles. The smallest absolute Gasteiger partial charge is 0.00704 e. The zero-order valence-corrected chi connectivity index (χ0v) is 15.0. The van der Waals surface area contributed by atoms with E-state index in [1.165, 1.54) is 49.4 Å². The molecule has 4 bridgehead atoms. The number of fused-ring (bicyclic) bond motifs is 1. The summed E-state index contributed by atoms with van der Waals surface area (Å²) >= 11 is 0. The van der Waals surface area contributed by atoms with Gasteiger partial charge in [0, 0.05) is 0 Å². The van der Waals surface area contributed by atoms with E-state index < -0.39 is 0 Å². The molecule has 4 aromatic carbocycles. The highest BCUT2D eigenvalue weighted by atomic mass is 14.2. The Kier molecular flexibility index (Phi) is 3.64. The van der Waals surface area contributed by atoms with E-state index in [2.05, 4.69) is 73.3 Å². The van der Waals surface area contributed by atoms with Gasteiger partial charge in [-0.1, -0.05) is 79.4 Å². The minimum Gasteiger partial charge on any atom is -0.0985 e. The molecule has 0 radical (unpaired) electrons. The predicted octanol–water partition coefficient (Wildman–Crippen LogP) is 6.52. The lowest BCUT2D eigenvalue weighted by Gasteiger charge is -2.17. The highest BCUT2D eigenvalue weighted by Gasteiger charge is 2.12. The van der Waals surface area contributed by atoms with Crippen molar-refractivity contribution in [2.45, 2.75) is 25.7 Å². The topological polar surface area (TPSA) is 0 Å². The Labute approximate surface area is 154 Å². The summed E-state index contributed by atoms with van der Waals surface area (Å²) in [5.41, 5.74) is 7.02. The van der Waals surface area contributed by atoms with Gasteiger partial charge in [-0.05, 0) is 75.0 Å².